The lowest BCUT2D eigenvalue weighted by Crippen LogP contribution is -2.39. The van der Waals surface area contributed by atoms with Gasteiger partial charge in [-0.15, -0.1) is 0 Å². The number of halogens is 3. The Morgan fingerprint density at radius 2 is 1.90 bits per heavy atom. The third-order valence-electron chi connectivity index (χ3n) is 5.53. The van der Waals surface area contributed by atoms with Crippen molar-refractivity contribution in [2.45, 2.75) is 25.4 Å². The quantitative estimate of drug-likeness (QED) is 0.666. The summed E-state index contributed by atoms with van der Waals surface area (Å²) in [5, 5.41) is 7.86. The molecule has 7 nitrogen and oxygen atoms in total. The van der Waals surface area contributed by atoms with E-state index >= 15 is 0 Å². The second kappa shape index (κ2) is 8.62. The first-order valence-electron chi connectivity index (χ1n) is 10.1. The topological polar surface area (TPSA) is 75.9 Å². The molecule has 0 unspecified atom stereocenters. The predicted molar refractivity (Wildman–Crippen MR) is 110 cm³/mol. The molecule has 0 saturated carbocycles. The molecule has 10 heteroatoms. The number of piperidine rings is 1. The molecule has 1 fully saturated rings. The number of alkyl halides is 3. The molecule has 3 aromatic heterocycles. The lowest BCUT2D eigenvalue weighted by Gasteiger charge is -2.31. The molecule has 31 heavy (non-hydrogen) atoms. The van der Waals surface area contributed by atoms with Crippen LogP contribution in [0.3, 0.4) is 0 Å². The van der Waals surface area contributed by atoms with E-state index in [9.17, 15) is 18.0 Å². The number of carbonyl (C=O) groups is 1. The van der Waals surface area contributed by atoms with Gasteiger partial charge in [0.05, 0.1) is 24.3 Å². The molecule has 1 aliphatic rings. The Morgan fingerprint density at radius 1 is 1.13 bits per heavy atom. The summed E-state index contributed by atoms with van der Waals surface area (Å²) in [6.07, 6.45) is 3.11. The first-order valence-corrected chi connectivity index (χ1v) is 10.1. The molecule has 0 radical (unpaired) electrons. The summed E-state index contributed by atoms with van der Waals surface area (Å²) >= 11 is 0. The predicted octanol–water partition coefficient (Wildman–Crippen LogP) is 3.63. The SMILES string of the molecule is Cn1cc(-c2cnc3cnc(NC(=O)C4CCN(CCC(F)(F)F)CC4)cc3c2)cn1. The number of fused-ring (bicyclic) bond motifs is 1. The van der Waals surface area contributed by atoms with Crippen molar-refractivity contribution in [3.63, 3.8) is 0 Å². The Hall–Kier alpha value is -3.01. The van der Waals surface area contributed by atoms with E-state index in [1.54, 1.807) is 34.2 Å². The largest absolute Gasteiger partial charge is 0.390 e. The van der Waals surface area contributed by atoms with Gasteiger partial charge in [-0.05, 0) is 38.1 Å². The van der Waals surface area contributed by atoms with Crippen LogP contribution in [0.15, 0.2) is 36.9 Å². The molecule has 1 N–H and O–H groups in total. The van der Waals surface area contributed by atoms with E-state index in [1.165, 1.54) is 0 Å². The second-order valence-corrected chi connectivity index (χ2v) is 7.86. The van der Waals surface area contributed by atoms with Gasteiger partial charge in [0.25, 0.3) is 0 Å². The van der Waals surface area contributed by atoms with Gasteiger partial charge >= 0.3 is 6.18 Å². The zero-order valence-electron chi connectivity index (χ0n) is 17.1. The number of amides is 1. The molecule has 3 aromatic rings. The van der Waals surface area contributed by atoms with Crippen LogP contribution in [0.1, 0.15) is 19.3 Å². The summed E-state index contributed by atoms with van der Waals surface area (Å²) in [5.74, 6) is 0.0420. The number of nitrogens with zero attached hydrogens (tertiary/aromatic N) is 5. The summed E-state index contributed by atoms with van der Waals surface area (Å²) in [6.45, 7) is 0.950. The first kappa shape index (κ1) is 21.2. The van der Waals surface area contributed by atoms with Crippen molar-refractivity contribution in [1.29, 1.82) is 0 Å². The number of rotatable bonds is 5. The highest BCUT2D eigenvalue weighted by atomic mass is 19.4. The fraction of sp³-hybridized carbons (Fsp3) is 0.429. The third kappa shape index (κ3) is 5.38. The lowest BCUT2D eigenvalue weighted by atomic mass is 9.96. The van der Waals surface area contributed by atoms with Crippen molar-refractivity contribution in [3.05, 3.63) is 36.9 Å². The minimum absolute atomic E-state index is 0.0175. The van der Waals surface area contributed by atoms with Gasteiger partial charge in [0, 0.05) is 48.4 Å². The minimum atomic E-state index is -4.15. The molecular weight excluding hydrogens is 409 g/mol. The van der Waals surface area contributed by atoms with Gasteiger partial charge in [-0.25, -0.2) is 4.98 Å². The maximum Gasteiger partial charge on any atom is 0.390 e. The van der Waals surface area contributed by atoms with Crippen molar-refractivity contribution < 1.29 is 18.0 Å². The van der Waals surface area contributed by atoms with Crippen LogP contribution < -0.4 is 5.32 Å². The lowest BCUT2D eigenvalue weighted by molar-refractivity contribution is -0.139. The molecule has 0 bridgehead atoms. The highest BCUT2D eigenvalue weighted by Gasteiger charge is 2.30. The van der Waals surface area contributed by atoms with Crippen molar-refractivity contribution in [2.75, 3.05) is 25.0 Å². The monoisotopic (exact) mass is 432 g/mol. The van der Waals surface area contributed by atoms with Crippen molar-refractivity contribution in [2.24, 2.45) is 13.0 Å². The summed E-state index contributed by atoms with van der Waals surface area (Å²) in [6, 6.07) is 3.74. The molecule has 1 saturated heterocycles. The average molecular weight is 432 g/mol. The van der Waals surface area contributed by atoms with Crippen LogP contribution >= 0.6 is 0 Å². The number of carbonyl (C=O) groups excluding carboxylic acids is 1. The summed E-state index contributed by atoms with van der Waals surface area (Å²) in [5.41, 5.74) is 2.57. The first-order chi connectivity index (χ1) is 14.8. The van der Waals surface area contributed by atoms with E-state index in [0.717, 1.165) is 16.5 Å². The molecule has 4 heterocycles. The number of hydrogen-bond acceptors (Lipinski definition) is 5. The van der Waals surface area contributed by atoms with Crippen LogP contribution in [0.2, 0.25) is 0 Å². The Bertz CT molecular complexity index is 1070. The molecule has 1 amide bonds. The minimum Gasteiger partial charge on any atom is -0.310 e. The van der Waals surface area contributed by atoms with E-state index in [4.69, 9.17) is 0 Å². The molecule has 4 rings (SSSR count). The van der Waals surface area contributed by atoms with Gasteiger partial charge in [0.15, 0.2) is 0 Å². The maximum atomic E-state index is 12.6. The van der Waals surface area contributed by atoms with Gasteiger partial charge in [0.2, 0.25) is 5.91 Å². The zero-order valence-corrected chi connectivity index (χ0v) is 17.1. The van der Waals surface area contributed by atoms with E-state index in [-0.39, 0.29) is 18.4 Å². The molecule has 0 aliphatic carbocycles. The zero-order chi connectivity index (χ0) is 22.0. The Labute approximate surface area is 177 Å². The van der Waals surface area contributed by atoms with Crippen LogP contribution in [-0.4, -0.2) is 56.4 Å². The van der Waals surface area contributed by atoms with Gasteiger partial charge in [-0.3, -0.25) is 14.5 Å². The molecule has 0 aromatic carbocycles. The Morgan fingerprint density at radius 3 is 2.58 bits per heavy atom. The number of nitrogens with one attached hydrogen (secondary N) is 1. The van der Waals surface area contributed by atoms with Gasteiger partial charge in [0.1, 0.15) is 5.82 Å². The normalized spacial score (nSPS) is 16.0. The third-order valence-corrected chi connectivity index (χ3v) is 5.53. The van der Waals surface area contributed by atoms with E-state index < -0.39 is 12.6 Å². The fourth-order valence-electron chi connectivity index (χ4n) is 3.76. The van der Waals surface area contributed by atoms with E-state index in [1.807, 2.05) is 19.3 Å². The van der Waals surface area contributed by atoms with Crippen LogP contribution in [0.5, 0.6) is 0 Å². The Kier molecular flexibility index (Phi) is 5.90. The van der Waals surface area contributed by atoms with E-state index in [0.29, 0.717) is 37.3 Å². The highest BCUT2D eigenvalue weighted by molar-refractivity contribution is 5.94. The van der Waals surface area contributed by atoms with Crippen LogP contribution in [0, 0.1) is 5.92 Å². The molecule has 1 aliphatic heterocycles. The van der Waals surface area contributed by atoms with Gasteiger partial charge < -0.3 is 10.2 Å². The Balaban J connectivity index is 1.38. The van der Waals surface area contributed by atoms with Crippen LogP contribution in [0.25, 0.3) is 22.0 Å². The van der Waals surface area contributed by atoms with Crippen molar-refractivity contribution >= 4 is 22.6 Å². The molecule has 164 valence electrons. The van der Waals surface area contributed by atoms with Crippen LogP contribution in [0.4, 0.5) is 19.0 Å². The molecular formula is C21H23F3N6O. The maximum absolute atomic E-state index is 12.6. The molecule has 0 atom stereocenters. The van der Waals surface area contributed by atoms with Gasteiger partial charge in [-0.1, -0.05) is 0 Å². The summed E-state index contributed by atoms with van der Waals surface area (Å²) in [7, 11) is 1.84. The number of aromatic nitrogens is 4. The smallest absolute Gasteiger partial charge is 0.310 e. The number of hydrogen-bond donors (Lipinski definition) is 1. The fourth-order valence-corrected chi connectivity index (χ4v) is 3.76. The van der Waals surface area contributed by atoms with Gasteiger partial charge in [-0.2, -0.15) is 18.3 Å². The summed E-state index contributed by atoms with van der Waals surface area (Å²) in [4.78, 5) is 23.1. The average Bonchev–Trinajstić information content (AvgIpc) is 3.18. The number of anilines is 1. The molecule has 0 spiro atoms. The summed E-state index contributed by atoms with van der Waals surface area (Å²) < 4.78 is 38.9. The standard InChI is InChI=1S/C21H23F3N6O/c1-29-13-17(11-27-29)16-8-15-9-19(26-12-18(15)25-10-16)28-20(31)14-2-5-30(6-3-14)7-4-21(22,23)24/h8-14H,2-7H2,1H3,(H,26,28,31). The number of likely N-dealkylation sites (tertiary alicyclic amines) is 1. The number of aryl methyl sites for hydroxylation is 1. The van der Waals surface area contributed by atoms with E-state index in [2.05, 4.69) is 20.4 Å². The number of pyridine rings is 2. The van der Waals surface area contributed by atoms with Crippen molar-refractivity contribution in [3.8, 4) is 11.1 Å². The second-order valence-electron chi connectivity index (χ2n) is 7.86. The highest BCUT2D eigenvalue weighted by Crippen LogP contribution is 2.25. The van der Waals surface area contributed by atoms with Crippen LogP contribution in [-0.2, 0) is 11.8 Å². The van der Waals surface area contributed by atoms with Crippen molar-refractivity contribution in [1.82, 2.24) is 24.6 Å².